The third-order valence-corrected chi connectivity index (χ3v) is 6.96. The highest BCUT2D eigenvalue weighted by Gasteiger charge is 2.42. The molecule has 2 aromatic carbocycles. The molecule has 1 aliphatic heterocycles. The minimum atomic E-state index is -0.465. The summed E-state index contributed by atoms with van der Waals surface area (Å²) < 4.78 is 17.8. The highest BCUT2D eigenvalue weighted by Crippen LogP contribution is 2.29. The Morgan fingerprint density at radius 3 is 2.28 bits per heavy atom. The summed E-state index contributed by atoms with van der Waals surface area (Å²) >= 11 is 0. The second-order valence-electron chi connectivity index (χ2n) is 10.5. The van der Waals surface area contributed by atoms with Crippen molar-refractivity contribution in [3.05, 3.63) is 66.2 Å². The number of esters is 1. The average molecular weight is 535 g/mol. The van der Waals surface area contributed by atoms with E-state index in [9.17, 15) is 4.79 Å². The van der Waals surface area contributed by atoms with E-state index >= 15 is 0 Å². The smallest absolute Gasteiger partial charge is 0.333 e. The number of carbonyl (C=O) groups excluding carboxylic acids is 1. The van der Waals surface area contributed by atoms with Crippen molar-refractivity contribution < 1.29 is 19.0 Å². The molecule has 39 heavy (non-hydrogen) atoms. The molecule has 212 valence electrons. The number of benzene rings is 2. The zero-order chi connectivity index (χ0) is 27.9. The lowest BCUT2D eigenvalue weighted by molar-refractivity contribution is -0.151. The molecule has 0 saturated carbocycles. The maximum Gasteiger partial charge on any atom is 0.333 e. The molecule has 0 N–H and O–H groups in total. The topological polar surface area (TPSA) is 72.8 Å². The molecule has 0 radical (unpaired) electrons. The molecule has 0 amide bonds. The van der Waals surface area contributed by atoms with E-state index in [1.54, 1.807) is 6.92 Å². The molecular weight excluding hydrogens is 488 g/mol. The van der Waals surface area contributed by atoms with Gasteiger partial charge >= 0.3 is 5.97 Å². The van der Waals surface area contributed by atoms with Crippen molar-refractivity contribution in [1.29, 1.82) is 0 Å². The SMILES string of the molecule is C=C(C)C(=O)OC(C1CO1)C(CCCCCCCCC)Oc1ccc(N=Nc2ccccc2CCCC)cc1. The van der Waals surface area contributed by atoms with Crippen molar-refractivity contribution in [2.24, 2.45) is 10.2 Å². The fraction of sp³-hybridized carbons (Fsp3) is 0.545. The van der Waals surface area contributed by atoms with E-state index in [4.69, 9.17) is 14.2 Å². The van der Waals surface area contributed by atoms with Gasteiger partial charge in [0.05, 0.1) is 18.0 Å². The lowest BCUT2D eigenvalue weighted by Crippen LogP contribution is -2.40. The fourth-order valence-electron chi connectivity index (χ4n) is 4.52. The van der Waals surface area contributed by atoms with Gasteiger partial charge in [0.15, 0.2) is 6.10 Å². The number of nitrogens with zero attached hydrogens (tertiary/aromatic N) is 2. The van der Waals surface area contributed by atoms with E-state index in [1.807, 2.05) is 42.5 Å². The predicted octanol–water partition coefficient (Wildman–Crippen LogP) is 9.22. The molecule has 1 saturated heterocycles. The molecule has 3 atom stereocenters. The first kappa shape index (κ1) is 30.6. The minimum Gasteiger partial charge on any atom is -0.486 e. The summed E-state index contributed by atoms with van der Waals surface area (Å²) in [5, 5.41) is 8.97. The lowest BCUT2D eigenvalue weighted by Gasteiger charge is -2.27. The van der Waals surface area contributed by atoms with Crippen LogP contribution in [0.1, 0.15) is 90.5 Å². The summed E-state index contributed by atoms with van der Waals surface area (Å²) in [5.41, 5.74) is 3.26. The van der Waals surface area contributed by atoms with Crippen molar-refractivity contribution >= 4 is 17.3 Å². The number of azo groups is 1. The first-order valence-corrected chi connectivity index (χ1v) is 14.8. The van der Waals surface area contributed by atoms with Crippen molar-refractivity contribution in [2.75, 3.05) is 6.61 Å². The summed E-state index contributed by atoms with van der Waals surface area (Å²) in [4.78, 5) is 12.4. The van der Waals surface area contributed by atoms with Gasteiger partial charge in [0.2, 0.25) is 0 Å². The second-order valence-corrected chi connectivity index (χ2v) is 10.5. The molecule has 1 aliphatic rings. The number of hydrogen-bond donors (Lipinski definition) is 0. The Morgan fingerprint density at radius 2 is 1.62 bits per heavy atom. The van der Waals surface area contributed by atoms with Gasteiger partial charge in [-0.1, -0.05) is 83.6 Å². The Bertz CT molecular complexity index is 1050. The van der Waals surface area contributed by atoms with E-state index in [-0.39, 0.29) is 12.2 Å². The summed E-state index contributed by atoms with van der Waals surface area (Å²) in [6.07, 6.45) is 11.6. The lowest BCUT2D eigenvalue weighted by atomic mass is 10.0. The summed E-state index contributed by atoms with van der Waals surface area (Å²) in [6.45, 7) is 10.4. The molecule has 0 aliphatic carbocycles. The first-order valence-electron chi connectivity index (χ1n) is 14.8. The average Bonchev–Trinajstić information content (AvgIpc) is 3.79. The van der Waals surface area contributed by atoms with Crippen LogP contribution in [-0.4, -0.2) is 30.9 Å². The third-order valence-electron chi connectivity index (χ3n) is 6.96. The number of epoxide rings is 1. The van der Waals surface area contributed by atoms with E-state index in [0.717, 1.165) is 49.9 Å². The summed E-state index contributed by atoms with van der Waals surface area (Å²) in [6, 6.07) is 15.8. The van der Waals surface area contributed by atoms with Crippen molar-refractivity contribution in [2.45, 2.75) is 110 Å². The summed E-state index contributed by atoms with van der Waals surface area (Å²) in [7, 11) is 0. The second kappa shape index (κ2) is 16.9. The van der Waals surface area contributed by atoms with Crippen LogP contribution in [0.4, 0.5) is 11.4 Å². The number of ether oxygens (including phenoxy) is 3. The quantitative estimate of drug-likeness (QED) is 0.0592. The van der Waals surface area contributed by atoms with Crippen LogP contribution in [0.25, 0.3) is 0 Å². The Morgan fingerprint density at radius 1 is 0.949 bits per heavy atom. The highest BCUT2D eigenvalue weighted by atomic mass is 16.6. The van der Waals surface area contributed by atoms with E-state index in [0.29, 0.717) is 17.9 Å². The number of aryl methyl sites for hydroxylation is 1. The first-order chi connectivity index (χ1) is 19.0. The minimum absolute atomic E-state index is 0.135. The molecule has 6 nitrogen and oxygen atoms in total. The molecule has 3 unspecified atom stereocenters. The van der Waals surface area contributed by atoms with Crippen LogP contribution in [0.5, 0.6) is 5.75 Å². The Hall–Kier alpha value is -2.99. The van der Waals surface area contributed by atoms with Crippen LogP contribution in [0.2, 0.25) is 0 Å². The number of hydrogen-bond acceptors (Lipinski definition) is 6. The zero-order valence-electron chi connectivity index (χ0n) is 24.1. The van der Waals surface area contributed by atoms with Gasteiger partial charge in [-0.2, -0.15) is 10.2 Å². The monoisotopic (exact) mass is 534 g/mol. The molecule has 6 heteroatoms. The molecule has 1 heterocycles. The van der Waals surface area contributed by atoms with Crippen molar-refractivity contribution in [3.63, 3.8) is 0 Å². The number of unbranched alkanes of at least 4 members (excludes halogenated alkanes) is 7. The molecule has 0 spiro atoms. The molecule has 2 aromatic rings. The Balaban J connectivity index is 1.65. The molecule has 1 fully saturated rings. The maximum absolute atomic E-state index is 12.4. The summed E-state index contributed by atoms with van der Waals surface area (Å²) in [5.74, 6) is 0.306. The van der Waals surface area contributed by atoms with Gasteiger partial charge in [0, 0.05) is 5.57 Å². The highest BCUT2D eigenvalue weighted by molar-refractivity contribution is 5.87. The van der Waals surface area contributed by atoms with Crippen molar-refractivity contribution in [1.82, 2.24) is 0 Å². The van der Waals surface area contributed by atoms with Gasteiger partial charge in [-0.25, -0.2) is 4.79 Å². The molecule has 3 rings (SSSR count). The molecular formula is C33H46N2O4. The van der Waals surface area contributed by atoms with Crippen LogP contribution >= 0.6 is 0 Å². The molecule has 0 aromatic heterocycles. The maximum atomic E-state index is 12.4. The van der Waals surface area contributed by atoms with E-state index in [2.05, 4.69) is 36.7 Å². The van der Waals surface area contributed by atoms with Crippen LogP contribution < -0.4 is 4.74 Å². The largest absolute Gasteiger partial charge is 0.486 e. The molecule has 0 bridgehead atoms. The fourth-order valence-corrected chi connectivity index (χ4v) is 4.52. The van der Waals surface area contributed by atoms with Crippen LogP contribution in [0.3, 0.4) is 0 Å². The zero-order valence-corrected chi connectivity index (χ0v) is 24.1. The third kappa shape index (κ3) is 11.0. The van der Waals surface area contributed by atoms with Gasteiger partial charge in [-0.05, 0) is 68.5 Å². The van der Waals surface area contributed by atoms with Gasteiger partial charge in [0.1, 0.15) is 18.0 Å². The van der Waals surface area contributed by atoms with E-state index in [1.165, 1.54) is 37.7 Å². The van der Waals surface area contributed by atoms with Crippen LogP contribution in [-0.2, 0) is 20.7 Å². The predicted molar refractivity (Wildman–Crippen MR) is 157 cm³/mol. The van der Waals surface area contributed by atoms with E-state index < -0.39 is 12.1 Å². The Kier molecular flexibility index (Phi) is 13.2. The van der Waals surface area contributed by atoms with Gasteiger partial charge in [0.25, 0.3) is 0 Å². The van der Waals surface area contributed by atoms with Gasteiger partial charge in [-0.15, -0.1) is 0 Å². The normalized spacial score (nSPS) is 16.1. The van der Waals surface area contributed by atoms with Crippen molar-refractivity contribution in [3.8, 4) is 5.75 Å². The van der Waals surface area contributed by atoms with Crippen LogP contribution in [0.15, 0.2) is 70.9 Å². The number of rotatable bonds is 19. The Labute approximate surface area is 234 Å². The van der Waals surface area contributed by atoms with Crippen LogP contribution in [0, 0.1) is 0 Å². The van der Waals surface area contributed by atoms with Gasteiger partial charge in [-0.3, -0.25) is 0 Å². The number of carbonyl (C=O) groups is 1. The standard InChI is InChI=1S/C33H46N2O4/c1-5-7-9-10-11-12-13-19-30(32(31-24-37-31)39-33(36)25(3)4)38-28-22-20-27(21-23-28)34-35-29-18-15-14-17-26(29)16-8-6-2/h14-15,17-18,20-23,30-32H,3,5-13,16,19,24H2,1-2,4H3. The van der Waals surface area contributed by atoms with Gasteiger partial charge < -0.3 is 14.2 Å².